The van der Waals surface area contributed by atoms with Gasteiger partial charge in [0.2, 0.25) is 0 Å². The lowest BCUT2D eigenvalue weighted by atomic mass is 9.85. The van der Waals surface area contributed by atoms with Crippen LogP contribution >= 0.6 is 0 Å². The lowest BCUT2D eigenvalue weighted by Gasteiger charge is -2.24. The zero-order valence-electron chi connectivity index (χ0n) is 9.99. The first kappa shape index (κ1) is 12.1. The highest BCUT2D eigenvalue weighted by molar-refractivity contribution is 5.81. The van der Waals surface area contributed by atoms with E-state index in [0.717, 1.165) is 45.3 Å². The van der Waals surface area contributed by atoms with Gasteiger partial charge in [-0.05, 0) is 44.1 Å². The summed E-state index contributed by atoms with van der Waals surface area (Å²) in [4.78, 5) is 12.2. The molecule has 0 aromatic carbocycles. The van der Waals surface area contributed by atoms with Gasteiger partial charge in [-0.2, -0.15) is 0 Å². The highest BCUT2D eigenvalue weighted by Gasteiger charge is 2.32. The molecule has 1 saturated carbocycles. The molecule has 2 N–H and O–H groups in total. The molecule has 1 heterocycles. The van der Waals surface area contributed by atoms with Gasteiger partial charge in [0.25, 0.3) is 0 Å². The second-order valence-corrected chi connectivity index (χ2v) is 5.26. The number of ketones is 1. The number of rotatable bonds is 4. The molecule has 0 aromatic rings. The maximum atomic E-state index is 12.2. The van der Waals surface area contributed by atoms with Crippen molar-refractivity contribution in [3.8, 4) is 0 Å². The van der Waals surface area contributed by atoms with E-state index < -0.39 is 0 Å². The second-order valence-electron chi connectivity index (χ2n) is 5.26. The van der Waals surface area contributed by atoms with Gasteiger partial charge in [-0.15, -0.1) is 0 Å². The van der Waals surface area contributed by atoms with E-state index in [1.165, 1.54) is 6.42 Å². The van der Waals surface area contributed by atoms with E-state index in [1.54, 1.807) is 0 Å². The van der Waals surface area contributed by atoms with Gasteiger partial charge >= 0.3 is 0 Å². The molecule has 1 aliphatic heterocycles. The topological polar surface area (TPSA) is 52.3 Å². The van der Waals surface area contributed by atoms with Crippen LogP contribution in [0.15, 0.2) is 0 Å². The number of carbonyl (C=O) groups is 1. The predicted octanol–water partition coefficient (Wildman–Crippen LogP) is 1.75. The Balaban J connectivity index is 1.82. The van der Waals surface area contributed by atoms with Gasteiger partial charge in [0, 0.05) is 25.6 Å². The van der Waals surface area contributed by atoms with Crippen LogP contribution in [0.5, 0.6) is 0 Å². The number of hydrogen-bond donors (Lipinski definition) is 1. The summed E-state index contributed by atoms with van der Waals surface area (Å²) in [6.45, 7) is 2.36. The quantitative estimate of drug-likeness (QED) is 0.793. The Hall–Kier alpha value is -0.410. The molecule has 0 spiro atoms. The van der Waals surface area contributed by atoms with Gasteiger partial charge in [-0.3, -0.25) is 4.79 Å². The van der Waals surface area contributed by atoms with Crippen LogP contribution < -0.4 is 5.73 Å². The van der Waals surface area contributed by atoms with E-state index >= 15 is 0 Å². The molecule has 0 amide bonds. The van der Waals surface area contributed by atoms with E-state index in [-0.39, 0.29) is 5.92 Å². The van der Waals surface area contributed by atoms with Crippen LogP contribution in [0.4, 0.5) is 0 Å². The van der Waals surface area contributed by atoms with Crippen molar-refractivity contribution in [3.63, 3.8) is 0 Å². The van der Waals surface area contributed by atoms with Crippen molar-refractivity contribution < 1.29 is 9.53 Å². The van der Waals surface area contributed by atoms with Crippen LogP contribution in [0, 0.1) is 17.8 Å². The van der Waals surface area contributed by atoms with Gasteiger partial charge < -0.3 is 10.5 Å². The van der Waals surface area contributed by atoms with Crippen molar-refractivity contribution in [2.45, 2.75) is 38.5 Å². The van der Waals surface area contributed by atoms with Crippen LogP contribution in [0.1, 0.15) is 38.5 Å². The van der Waals surface area contributed by atoms with Gasteiger partial charge in [0.05, 0.1) is 0 Å². The molecule has 1 saturated heterocycles. The third-order valence-corrected chi connectivity index (χ3v) is 4.21. The molecule has 1 aliphatic carbocycles. The van der Waals surface area contributed by atoms with Crippen LogP contribution in [0.25, 0.3) is 0 Å². The Morgan fingerprint density at radius 3 is 2.62 bits per heavy atom. The molecule has 3 nitrogen and oxygen atoms in total. The molecular weight excluding hydrogens is 202 g/mol. The first-order valence-electron chi connectivity index (χ1n) is 6.61. The number of carbonyl (C=O) groups excluding carboxylic acids is 1. The first-order chi connectivity index (χ1) is 7.81. The Morgan fingerprint density at radius 2 is 1.94 bits per heavy atom. The molecular formula is C13H23NO2. The molecule has 2 atom stereocenters. The molecule has 92 valence electrons. The van der Waals surface area contributed by atoms with Crippen molar-refractivity contribution in [1.82, 2.24) is 0 Å². The van der Waals surface area contributed by atoms with Crippen molar-refractivity contribution in [2.24, 2.45) is 23.5 Å². The molecule has 2 fully saturated rings. The van der Waals surface area contributed by atoms with E-state index in [0.29, 0.717) is 24.2 Å². The minimum absolute atomic E-state index is 0.271. The number of nitrogens with two attached hydrogens (primary N) is 1. The zero-order valence-corrected chi connectivity index (χ0v) is 9.99. The van der Waals surface area contributed by atoms with Crippen LogP contribution in [0.2, 0.25) is 0 Å². The molecule has 2 rings (SSSR count). The Morgan fingerprint density at radius 1 is 1.19 bits per heavy atom. The monoisotopic (exact) mass is 225 g/mol. The average molecular weight is 225 g/mol. The fraction of sp³-hybridized carbons (Fsp3) is 0.923. The Bertz CT molecular complexity index is 236. The molecule has 3 heteroatoms. The van der Waals surface area contributed by atoms with E-state index in [4.69, 9.17) is 10.5 Å². The number of hydrogen-bond acceptors (Lipinski definition) is 3. The van der Waals surface area contributed by atoms with Crippen molar-refractivity contribution in [3.05, 3.63) is 0 Å². The molecule has 2 unspecified atom stereocenters. The average Bonchev–Trinajstić information content (AvgIpc) is 2.78. The summed E-state index contributed by atoms with van der Waals surface area (Å²) < 4.78 is 5.32. The highest BCUT2D eigenvalue weighted by atomic mass is 16.5. The SMILES string of the molecule is NCC1CCCC1C(=O)CC1CCOCC1. The summed E-state index contributed by atoms with van der Waals surface area (Å²) in [5.74, 6) is 1.78. The fourth-order valence-electron chi connectivity index (χ4n) is 3.13. The third-order valence-electron chi connectivity index (χ3n) is 4.21. The summed E-state index contributed by atoms with van der Waals surface area (Å²) in [6.07, 6.45) is 6.30. The van der Waals surface area contributed by atoms with E-state index in [2.05, 4.69) is 0 Å². The minimum atomic E-state index is 0.271. The Kier molecular flexibility index (Phi) is 4.36. The van der Waals surface area contributed by atoms with E-state index in [1.807, 2.05) is 0 Å². The normalized spacial score (nSPS) is 31.8. The maximum absolute atomic E-state index is 12.2. The number of Topliss-reactive ketones (excluding diaryl/α,β-unsaturated/α-hetero) is 1. The van der Waals surface area contributed by atoms with Crippen LogP contribution in [-0.4, -0.2) is 25.5 Å². The van der Waals surface area contributed by atoms with Crippen LogP contribution in [0.3, 0.4) is 0 Å². The third kappa shape index (κ3) is 2.83. The first-order valence-corrected chi connectivity index (χ1v) is 6.61. The lowest BCUT2D eigenvalue weighted by Crippen LogP contribution is -2.28. The van der Waals surface area contributed by atoms with Crippen LogP contribution in [-0.2, 0) is 9.53 Å². The summed E-state index contributed by atoms with van der Waals surface area (Å²) in [5, 5.41) is 0. The van der Waals surface area contributed by atoms with Gasteiger partial charge in [0.15, 0.2) is 0 Å². The predicted molar refractivity (Wildman–Crippen MR) is 63.1 cm³/mol. The maximum Gasteiger partial charge on any atom is 0.136 e. The molecule has 0 radical (unpaired) electrons. The summed E-state index contributed by atoms with van der Waals surface area (Å²) in [6, 6.07) is 0. The van der Waals surface area contributed by atoms with Gasteiger partial charge in [0.1, 0.15) is 5.78 Å². The largest absolute Gasteiger partial charge is 0.381 e. The summed E-state index contributed by atoms with van der Waals surface area (Å²) in [5.41, 5.74) is 5.72. The van der Waals surface area contributed by atoms with Crippen molar-refractivity contribution in [1.29, 1.82) is 0 Å². The second kappa shape index (κ2) is 5.78. The Labute approximate surface area is 97.7 Å². The molecule has 16 heavy (non-hydrogen) atoms. The summed E-state index contributed by atoms with van der Waals surface area (Å²) >= 11 is 0. The van der Waals surface area contributed by atoms with Gasteiger partial charge in [-0.1, -0.05) is 6.42 Å². The molecule has 0 bridgehead atoms. The highest BCUT2D eigenvalue weighted by Crippen LogP contribution is 2.34. The van der Waals surface area contributed by atoms with Crippen molar-refractivity contribution >= 4 is 5.78 Å². The minimum Gasteiger partial charge on any atom is -0.381 e. The zero-order chi connectivity index (χ0) is 11.4. The summed E-state index contributed by atoms with van der Waals surface area (Å²) in [7, 11) is 0. The molecule has 2 aliphatic rings. The fourth-order valence-corrected chi connectivity index (χ4v) is 3.13. The smallest absolute Gasteiger partial charge is 0.136 e. The lowest BCUT2D eigenvalue weighted by molar-refractivity contribution is -0.125. The van der Waals surface area contributed by atoms with E-state index in [9.17, 15) is 4.79 Å². The molecule has 0 aromatic heterocycles. The number of ether oxygens (including phenoxy) is 1. The van der Waals surface area contributed by atoms with Gasteiger partial charge in [-0.25, -0.2) is 0 Å². The van der Waals surface area contributed by atoms with Crippen molar-refractivity contribution in [2.75, 3.05) is 19.8 Å². The standard InChI is InChI=1S/C13H23NO2/c14-9-11-2-1-3-12(11)13(15)8-10-4-6-16-7-5-10/h10-12H,1-9,14H2.